The lowest BCUT2D eigenvalue weighted by Gasteiger charge is -2.15. The average Bonchev–Trinajstić information content (AvgIpc) is 2.56. The fraction of sp³-hybridized carbons (Fsp3) is 0.214. The van der Waals surface area contributed by atoms with Crippen molar-refractivity contribution in [1.29, 1.82) is 0 Å². The van der Waals surface area contributed by atoms with Crippen LogP contribution in [0.25, 0.3) is 6.08 Å². The van der Waals surface area contributed by atoms with E-state index < -0.39 is 47.3 Å². The summed E-state index contributed by atoms with van der Waals surface area (Å²) in [7, 11) is 1.05. The summed E-state index contributed by atoms with van der Waals surface area (Å²) in [4.78, 5) is 34.3. The summed E-state index contributed by atoms with van der Waals surface area (Å²) in [5.74, 6) is -6.76. The van der Waals surface area contributed by atoms with Gasteiger partial charge in [0, 0.05) is 10.0 Å². The fourth-order valence-corrected chi connectivity index (χ4v) is 3.50. The van der Waals surface area contributed by atoms with Crippen LogP contribution in [0.4, 0.5) is 0 Å². The first-order valence-electron chi connectivity index (χ1n) is 6.35. The van der Waals surface area contributed by atoms with Crippen LogP contribution in [0.15, 0.2) is 19.0 Å². The number of carboxylic acid groups (broad SMARTS) is 2. The van der Waals surface area contributed by atoms with Crippen molar-refractivity contribution in [3.63, 3.8) is 0 Å². The van der Waals surface area contributed by atoms with Crippen LogP contribution in [0.1, 0.15) is 12.0 Å². The van der Waals surface area contributed by atoms with Gasteiger partial charge in [-0.25, -0.2) is 4.79 Å². The minimum absolute atomic E-state index is 0.0315. The van der Waals surface area contributed by atoms with Gasteiger partial charge in [0.2, 0.25) is 0 Å². The van der Waals surface area contributed by atoms with Crippen molar-refractivity contribution in [1.82, 2.24) is 0 Å². The predicted octanol–water partition coefficient (Wildman–Crippen LogP) is 3.12. The Balaban J connectivity index is 3.62. The van der Waals surface area contributed by atoms with Crippen molar-refractivity contribution in [3.05, 3.63) is 24.6 Å². The molecule has 0 heterocycles. The summed E-state index contributed by atoms with van der Waals surface area (Å²) in [6, 6.07) is 0. The van der Waals surface area contributed by atoms with Crippen molar-refractivity contribution in [2.45, 2.75) is 6.42 Å². The zero-order valence-electron chi connectivity index (χ0n) is 12.4. The topological polar surface area (TPSA) is 141 Å². The minimum Gasteiger partial charge on any atom is -0.503 e. The molecule has 1 rings (SSSR count). The highest BCUT2D eigenvalue weighted by molar-refractivity contribution is 9.13. The number of esters is 1. The molecular weight excluding hydrogens is 536 g/mol. The van der Waals surface area contributed by atoms with Crippen LogP contribution >= 0.6 is 47.8 Å². The normalized spacial score (nSPS) is 12.6. The molecule has 0 saturated heterocycles. The number of hydrogen-bond donors (Lipinski definition) is 4. The standard InChI is InChI=1S/C14H11Br3O8/c1-25-7(18)3-5(14(23)24)4(13(21)22)2-6-8(15)10(17)12(20)11(19)9(6)16/h2,5,19-20H,3H2,1H3,(H,21,22)(H,23,24). The highest BCUT2D eigenvalue weighted by atomic mass is 79.9. The molecule has 0 radical (unpaired) electrons. The third kappa shape index (κ3) is 4.73. The Labute approximate surface area is 166 Å². The number of hydrogen-bond acceptors (Lipinski definition) is 6. The first-order chi connectivity index (χ1) is 11.5. The monoisotopic (exact) mass is 544 g/mol. The number of halogens is 3. The van der Waals surface area contributed by atoms with Gasteiger partial charge >= 0.3 is 17.9 Å². The number of ether oxygens (including phenoxy) is 1. The lowest BCUT2D eigenvalue weighted by molar-refractivity contribution is -0.150. The van der Waals surface area contributed by atoms with Crippen LogP contribution in [-0.4, -0.2) is 45.4 Å². The van der Waals surface area contributed by atoms with E-state index in [1.807, 2.05) is 0 Å². The van der Waals surface area contributed by atoms with Gasteiger partial charge in [0.15, 0.2) is 11.5 Å². The Morgan fingerprint density at radius 2 is 1.56 bits per heavy atom. The van der Waals surface area contributed by atoms with Crippen LogP contribution in [0, 0.1) is 5.92 Å². The third-order valence-corrected chi connectivity index (χ3v) is 6.06. The van der Waals surface area contributed by atoms with Crippen LogP contribution < -0.4 is 0 Å². The summed E-state index contributed by atoms with van der Waals surface area (Å²) in [5, 5.41) is 38.2. The molecule has 11 heteroatoms. The second-order valence-corrected chi connectivity index (χ2v) is 7.01. The molecule has 0 bridgehead atoms. The summed E-state index contributed by atoms with van der Waals surface area (Å²) in [5.41, 5.74) is -0.563. The Hall–Kier alpha value is -1.59. The molecule has 0 aliphatic carbocycles. The molecule has 0 aliphatic rings. The van der Waals surface area contributed by atoms with E-state index in [-0.39, 0.29) is 19.0 Å². The van der Waals surface area contributed by atoms with Crippen LogP contribution in [0.3, 0.4) is 0 Å². The van der Waals surface area contributed by atoms with E-state index in [0.717, 1.165) is 13.2 Å². The molecule has 1 aromatic rings. The molecule has 1 aromatic carbocycles. The van der Waals surface area contributed by atoms with Crippen molar-refractivity contribution >= 4 is 71.8 Å². The smallest absolute Gasteiger partial charge is 0.332 e. The van der Waals surface area contributed by atoms with Gasteiger partial charge in [-0.2, -0.15) is 0 Å². The number of carbonyl (C=O) groups is 3. The quantitative estimate of drug-likeness (QED) is 0.185. The Kier molecular flexibility index (Phi) is 7.44. The molecule has 0 aromatic heterocycles. The molecule has 0 aliphatic heterocycles. The Morgan fingerprint density at radius 3 is 2.00 bits per heavy atom. The summed E-state index contributed by atoms with van der Waals surface area (Å²) in [6.07, 6.45) is 0.284. The van der Waals surface area contributed by atoms with E-state index in [1.54, 1.807) is 0 Å². The molecule has 8 nitrogen and oxygen atoms in total. The van der Waals surface area contributed by atoms with Gasteiger partial charge in [0.1, 0.15) is 0 Å². The van der Waals surface area contributed by atoms with E-state index in [4.69, 9.17) is 0 Å². The van der Waals surface area contributed by atoms with Gasteiger partial charge in [0.05, 0.1) is 34.0 Å². The van der Waals surface area contributed by atoms with E-state index in [1.165, 1.54) is 0 Å². The van der Waals surface area contributed by atoms with Gasteiger partial charge in [-0.1, -0.05) is 0 Å². The molecular formula is C14H11Br3O8. The predicted molar refractivity (Wildman–Crippen MR) is 96.2 cm³/mol. The average molecular weight is 547 g/mol. The van der Waals surface area contributed by atoms with Gasteiger partial charge in [-0.15, -0.1) is 0 Å². The van der Waals surface area contributed by atoms with Crippen molar-refractivity contribution in [3.8, 4) is 11.5 Å². The molecule has 0 amide bonds. The largest absolute Gasteiger partial charge is 0.503 e. The number of phenolic OH excluding ortho intramolecular Hbond substituents is 2. The molecule has 0 fully saturated rings. The number of methoxy groups -OCH3 is 1. The number of phenols is 2. The van der Waals surface area contributed by atoms with Gasteiger partial charge < -0.3 is 25.2 Å². The van der Waals surface area contributed by atoms with Gasteiger partial charge in [-0.3, -0.25) is 9.59 Å². The maximum Gasteiger partial charge on any atom is 0.332 e. The number of carboxylic acids is 2. The number of benzene rings is 1. The lowest BCUT2D eigenvalue weighted by atomic mass is 9.93. The fourth-order valence-electron chi connectivity index (χ4n) is 1.83. The second-order valence-electron chi connectivity index (χ2n) is 4.63. The van der Waals surface area contributed by atoms with E-state index in [2.05, 4.69) is 52.5 Å². The SMILES string of the molecule is COC(=O)CC(C(=O)O)C(=Cc1c(Br)c(O)c(O)c(Br)c1Br)C(=O)O. The first-order valence-corrected chi connectivity index (χ1v) is 8.73. The molecule has 4 N–H and O–H groups in total. The summed E-state index contributed by atoms with van der Waals surface area (Å²) < 4.78 is 4.52. The number of aromatic hydroxyl groups is 2. The highest BCUT2D eigenvalue weighted by Crippen LogP contribution is 2.47. The molecule has 1 atom stereocenters. The van der Waals surface area contributed by atoms with Crippen LogP contribution in [-0.2, 0) is 19.1 Å². The summed E-state index contributed by atoms with van der Waals surface area (Å²) >= 11 is 9.14. The number of rotatable bonds is 6. The maximum absolute atomic E-state index is 11.5. The first kappa shape index (κ1) is 21.5. The maximum atomic E-state index is 11.5. The highest BCUT2D eigenvalue weighted by Gasteiger charge is 2.31. The molecule has 0 saturated carbocycles. The number of carbonyl (C=O) groups excluding carboxylic acids is 1. The van der Waals surface area contributed by atoms with E-state index in [0.29, 0.717) is 0 Å². The van der Waals surface area contributed by atoms with Crippen molar-refractivity contribution in [2.24, 2.45) is 5.92 Å². The Bertz CT molecular complexity index is 743. The Morgan fingerprint density at radius 1 is 1.04 bits per heavy atom. The van der Waals surface area contributed by atoms with Gasteiger partial charge in [-0.05, 0) is 53.9 Å². The molecule has 25 heavy (non-hydrogen) atoms. The lowest BCUT2D eigenvalue weighted by Crippen LogP contribution is -2.24. The van der Waals surface area contributed by atoms with Gasteiger partial charge in [0.25, 0.3) is 0 Å². The third-order valence-electron chi connectivity index (χ3n) is 3.12. The molecule has 1 unspecified atom stereocenters. The number of aliphatic carboxylic acids is 2. The zero-order chi connectivity index (χ0) is 19.5. The molecule has 136 valence electrons. The van der Waals surface area contributed by atoms with Crippen LogP contribution in [0.5, 0.6) is 11.5 Å². The molecule has 0 spiro atoms. The van der Waals surface area contributed by atoms with Crippen molar-refractivity contribution < 1.29 is 39.5 Å². The summed E-state index contributed by atoms with van der Waals surface area (Å²) in [6.45, 7) is 0. The van der Waals surface area contributed by atoms with Crippen LogP contribution in [0.2, 0.25) is 0 Å². The van der Waals surface area contributed by atoms with E-state index in [9.17, 15) is 34.8 Å². The minimum atomic E-state index is -1.68. The van der Waals surface area contributed by atoms with Crippen molar-refractivity contribution in [2.75, 3.05) is 7.11 Å². The second kappa shape index (κ2) is 8.68. The van der Waals surface area contributed by atoms with E-state index >= 15 is 0 Å². The zero-order valence-corrected chi connectivity index (χ0v) is 17.2.